The van der Waals surface area contributed by atoms with Crippen molar-refractivity contribution in [2.24, 2.45) is 10.8 Å². The average Bonchev–Trinajstić information content (AvgIpc) is 3.06. The predicted molar refractivity (Wildman–Crippen MR) is 167 cm³/mol. The van der Waals surface area contributed by atoms with Crippen LogP contribution in [0.25, 0.3) is 0 Å². The van der Waals surface area contributed by atoms with Crippen LogP contribution in [0.15, 0.2) is 53.6 Å². The summed E-state index contributed by atoms with van der Waals surface area (Å²) in [6.07, 6.45) is -4.51. The maximum Gasteiger partial charge on any atom is 0.271 e. The summed E-state index contributed by atoms with van der Waals surface area (Å²) < 4.78 is 17.5. The Hall–Kier alpha value is -4.66. The molecule has 246 valence electrons. The molecule has 3 aromatic carbocycles. The molecule has 13 nitrogen and oxygen atoms in total. The van der Waals surface area contributed by atoms with Crippen molar-refractivity contribution in [2.45, 2.75) is 69.4 Å². The van der Waals surface area contributed by atoms with Gasteiger partial charge < -0.3 is 40.4 Å². The average molecular weight is 646 g/mol. The SMILES string of the molecule is COc1cccc2c1C(=O)c1c(O)c3c(c(O)c1C2=O)C[C@](O)(C(C)=NNC(=O)c1ccccc1)C[C@@H]3OC1CC(N)C(O)C(C)O1. The van der Waals surface area contributed by atoms with Crippen LogP contribution in [0.4, 0.5) is 0 Å². The summed E-state index contributed by atoms with van der Waals surface area (Å²) in [6, 6.07) is 12.1. The smallest absolute Gasteiger partial charge is 0.271 e. The number of amides is 1. The lowest BCUT2D eigenvalue weighted by Gasteiger charge is -2.42. The number of methoxy groups -OCH3 is 1. The van der Waals surface area contributed by atoms with Gasteiger partial charge in [-0.15, -0.1) is 0 Å². The number of benzene rings is 3. The summed E-state index contributed by atoms with van der Waals surface area (Å²) in [6.45, 7) is 3.09. The van der Waals surface area contributed by atoms with Crippen LogP contribution in [0.2, 0.25) is 0 Å². The van der Waals surface area contributed by atoms with Crippen molar-refractivity contribution < 1.29 is 49.0 Å². The molecule has 4 unspecified atom stereocenters. The fourth-order valence-corrected chi connectivity index (χ4v) is 6.56. The maximum atomic E-state index is 13.9. The van der Waals surface area contributed by atoms with Crippen LogP contribution in [0.3, 0.4) is 0 Å². The second-order valence-corrected chi connectivity index (χ2v) is 12.1. The van der Waals surface area contributed by atoms with Crippen molar-refractivity contribution in [1.82, 2.24) is 5.43 Å². The Bertz CT molecular complexity index is 1800. The quantitative estimate of drug-likeness (QED) is 0.102. The van der Waals surface area contributed by atoms with E-state index in [0.717, 1.165) is 0 Å². The molecule has 6 atom stereocenters. The standard InChI is InChI=1S/C34H35N3O10/c1-15-28(38)20(35)12-23(46-15)47-22-14-34(44,16(2)36-37-33(43)17-8-5-4-6-9-17)13-19-25(22)32(42)27-26(30(19)40)29(39)18-10-7-11-21(45-3)24(18)31(27)41/h4-11,15,20,22-23,28,38,40,42,44H,12-14,35H2,1-3H3,(H,37,43)/t15?,20?,22-,23?,28?,34+/m0/s1. The number of fused-ring (bicyclic) bond motifs is 3. The number of aliphatic hydroxyl groups is 2. The van der Waals surface area contributed by atoms with Gasteiger partial charge in [-0.05, 0) is 32.0 Å². The molecule has 1 aliphatic heterocycles. The van der Waals surface area contributed by atoms with Crippen molar-refractivity contribution in [3.05, 3.63) is 87.5 Å². The third-order valence-corrected chi connectivity index (χ3v) is 9.18. The Balaban J connectivity index is 1.46. The second-order valence-electron chi connectivity index (χ2n) is 12.1. The van der Waals surface area contributed by atoms with E-state index in [1.807, 2.05) is 0 Å². The van der Waals surface area contributed by atoms with Gasteiger partial charge in [0.2, 0.25) is 5.78 Å². The van der Waals surface area contributed by atoms with E-state index in [2.05, 4.69) is 10.5 Å². The second kappa shape index (κ2) is 12.2. The number of nitrogens with zero attached hydrogens (tertiary/aromatic N) is 1. The number of hydrogen-bond donors (Lipinski definition) is 6. The Morgan fingerprint density at radius 2 is 1.74 bits per heavy atom. The molecule has 0 spiro atoms. The maximum absolute atomic E-state index is 13.9. The third kappa shape index (κ3) is 5.45. The molecule has 47 heavy (non-hydrogen) atoms. The van der Waals surface area contributed by atoms with Crippen LogP contribution in [0, 0.1) is 0 Å². The fourth-order valence-electron chi connectivity index (χ4n) is 6.56. The van der Waals surface area contributed by atoms with Crippen molar-refractivity contribution in [1.29, 1.82) is 0 Å². The Kier molecular flexibility index (Phi) is 8.36. The van der Waals surface area contributed by atoms with Crippen molar-refractivity contribution in [2.75, 3.05) is 7.11 Å². The Labute approximate surface area is 269 Å². The van der Waals surface area contributed by atoms with Gasteiger partial charge in [-0.3, -0.25) is 14.4 Å². The lowest BCUT2D eigenvalue weighted by atomic mass is 9.71. The zero-order valence-electron chi connectivity index (χ0n) is 25.9. The van der Waals surface area contributed by atoms with Crippen LogP contribution in [-0.2, 0) is 15.9 Å². The van der Waals surface area contributed by atoms with Crippen molar-refractivity contribution in [3.8, 4) is 17.2 Å². The number of nitrogens with one attached hydrogen (secondary N) is 1. The zero-order chi connectivity index (χ0) is 33.8. The van der Waals surface area contributed by atoms with E-state index in [9.17, 15) is 34.8 Å². The third-order valence-electron chi connectivity index (χ3n) is 9.18. The molecular weight excluding hydrogens is 610 g/mol. The van der Waals surface area contributed by atoms with Gasteiger partial charge in [-0.2, -0.15) is 5.10 Å². The minimum Gasteiger partial charge on any atom is -0.507 e. The normalized spacial score (nSPS) is 27.0. The monoisotopic (exact) mass is 645 g/mol. The molecular formula is C34H35N3O10. The first-order valence-corrected chi connectivity index (χ1v) is 15.1. The van der Waals surface area contributed by atoms with Crippen LogP contribution in [0.1, 0.15) is 86.1 Å². The van der Waals surface area contributed by atoms with Gasteiger partial charge in [-0.25, -0.2) is 5.43 Å². The molecule has 1 heterocycles. The van der Waals surface area contributed by atoms with Gasteiger partial charge in [0, 0.05) is 47.6 Å². The first-order chi connectivity index (χ1) is 22.4. The zero-order valence-corrected chi connectivity index (χ0v) is 25.9. The summed E-state index contributed by atoms with van der Waals surface area (Å²) in [7, 11) is 1.34. The minimum atomic E-state index is -1.88. The highest BCUT2D eigenvalue weighted by Crippen LogP contribution is 2.52. The van der Waals surface area contributed by atoms with E-state index in [1.54, 1.807) is 37.3 Å². The predicted octanol–water partition coefficient (Wildman–Crippen LogP) is 2.25. The molecule has 3 aromatic rings. The minimum absolute atomic E-state index is 0.0196. The molecule has 0 radical (unpaired) electrons. The number of aliphatic hydroxyl groups excluding tert-OH is 1. The molecule has 0 bridgehead atoms. The number of carbonyl (C=O) groups is 3. The van der Waals surface area contributed by atoms with Crippen molar-refractivity contribution >= 4 is 23.2 Å². The molecule has 1 saturated heterocycles. The van der Waals surface area contributed by atoms with Gasteiger partial charge in [0.15, 0.2) is 12.1 Å². The largest absolute Gasteiger partial charge is 0.507 e. The van der Waals surface area contributed by atoms with Gasteiger partial charge in [-0.1, -0.05) is 30.3 Å². The van der Waals surface area contributed by atoms with Crippen LogP contribution in [0.5, 0.6) is 17.2 Å². The van der Waals surface area contributed by atoms with Gasteiger partial charge >= 0.3 is 0 Å². The van der Waals surface area contributed by atoms with E-state index in [4.69, 9.17) is 19.9 Å². The van der Waals surface area contributed by atoms with Gasteiger partial charge in [0.1, 0.15) is 22.8 Å². The lowest BCUT2D eigenvalue weighted by Crippen LogP contribution is -2.52. The molecule has 0 saturated carbocycles. The lowest BCUT2D eigenvalue weighted by molar-refractivity contribution is -0.245. The first kappa shape index (κ1) is 32.3. The van der Waals surface area contributed by atoms with E-state index in [1.165, 1.54) is 32.2 Å². The number of nitrogens with two attached hydrogens (primary N) is 1. The number of hydrogen-bond acceptors (Lipinski definition) is 12. The summed E-state index contributed by atoms with van der Waals surface area (Å²) in [5.74, 6) is -3.08. The summed E-state index contributed by atoms with van der Waals surface area (Å²) in [5, 5.41) is 50.0. The van der Waals surface area contributed by atoms with Gasteiger partial charge in [0.25, 0.3) is 5.91 Å². The number of carbonyl (C=O) groups excluding carboxylic acids is 3. The summed E-state index contributed by atoms with van der Waals surface area (Å²) >= 11 is 0. The highest BCUT2D eigenvalue weighted by Gasteiger charge is 2.49. The number of rotatable bonds is 6. The Morgan fingerprint density at radius 1 is 1.04 bits per heavy atom. The summed E-state index contributed by atoms with van der Waals surface area (Å²) in [5.41, 5.74) is 6.04. The molecule has 1 fully saturated rings. The van der Waals surface area contributed by atoms with E-state index in [-0.39, 0.29) is 53.0 Å². The van der Waals surface area contributed by atoms with E-state index in [0.29, 0.717) is 5.56 Å². The highest BCUT2D eigenvalue weighted by molar-refractivity contribution is 6.31. The molecule has 2 aliphatic carbocycles. The molecule has 7 N–H and O–H groups in total. The van der Waals surface area contributed by atoms with Crippen molar-refractivity contribution in [3.63, 3.8) is 0 Å². The highest BCUT2D eigenvalue weighted by atomic mass is 16.7. The fraction of sp³-hybridized carbons (Fsp3) is 0.353. The van der Waals surface area contributed by atoms with Gasteiger partial charge in [0.05, 0.1) is 47.8 Å². The number of aromatic hydroxyl groups is 2. The summed E-state index contributed by atoms with van der Waals surface area (Å²) in [4.78, 5) is 40.4. The molecule has 13 heteroatoms. The molecule has 1 amide bonds. The molecule has 3 aliphatic rings. The van der Waals surface area contributed by atoms with E-state index >= 15 is 0 Å². The number of phenolic OH excluding ortho intramolecular Hbond substituents is 2. The Morgan fingerprint density at radius 3 is 2.43 bits per heavy atom. The first-order valence-electron chi connectivity index (χ1n) is 15.1. The topological polar surface area (TPSA) is 210 Å². The number of ether oxygens (including phenoxy) is 3. The molecule has 6 rings (SSSR count). The van der Waals surface area contributed by atoms with Crippen LogP contribution < -0.4 is 15.9 Å². The molecule has 0 aromatic heterocycles. The number of phenols is 2. The van der Waals surface area contributed by atoms with E-state index < -0.39 is 76.3 Å². The van der Waals surface area contributed by atoms with Crippen LogP contribution in [-0.4, -0.2) is 80.9 Å². The van der Waals surface area contributed by atoms with Crippen LogP contribution >= 0.6 is 0 Å². The number of hydrazone groups is 1. The number of ketones is 2.